The normalized spacial score (nSPS) is 27.1. The fraction of sp³-hybridized carbons (Fsp3) is 0.500. The van der Waals surface area contributed by atoms with E-state index in [-0.39, 0.29) is 0 Å². The lowest BCUT2D eigenvalue weighted by Gasteiger charge is -2.38. The van der Waals surface area contributed by atoms with Gasteiger partial charge in [0.05, 0.1) is 5.60 Å². The summed E-state index contributed by atoms with van der Waals surface area (Å²) in [6.45, 7) is 4.57. The molecule has 1 saturated carbocycles. The molecule has 0 atom stereocenters. The number of benzene rings is 1. The smallest absolute Gasteiger partial charge is 0.0917 e. The van der Waals surface area contributed by atoms with E-state index >= 15 is 0 Å². The van der Waals surface area contributed by atoms with Crippen LogP contribution < -0.4 is 0 Å². The van der Waals surface area contributed by atoms with Gasteiger partial charge >= 0.3 is 0 Å². The van der Waals surface area contributed by atoms with Gasteiger partial charge in [0.2, 0.25) is 0 Å². The Balaban J connectivity index is 1.95. The first kappa shape index (κ1) is 13.6. The van der Waals surface area contributed by atoms with Crippen molar-refractivity contribution in [1.82, 2.24) is 4.98 Å². The number of rotatable bonds is 2. The lowest BCUT2D eigenvalue weighted by molar-refractivity contribution is -0.0189. The van der Waals surface area contributed by atoms with Crippen LogP contribution in [0.1, 0.15) is 45.1 Å². The van der Waals surface area contributed by atoms with E-state index in [4.69, 9.17) is 0 Å². The molecule has 1 heterocycles. The molecule has 0 unspecified atom stereocenters. The third-order valence-electron chi connectivity index (χ3n) is 4.97. The Morgan fingerprint density at radius 1 is 1.15 bits per heavy atom. The van der Waals surface area contributed by atoms with Gasteiger partial charge in [-0.2, -0.15) is 0 Å². The monoisotopic (exact) mass is 269 g/mol. The van der Waals surface area contributed by atoms with Gasteiger partial charge in [-0.15, -0.1) is 0 Å². The molecule has 2 nitrogen and oxygen atoms in total. The van der Waals surface area contributed by atoms with Gasteiger partial charge in [0.1, 0.15) is 0 Å². The molecule has 1 aromatic heterocycles. The maximum atomic E-state index is 11.1. The van der Waals surface area contributed by atoms with Crippen LogP contribution in [0.3, 0.4) is 0 Å². The molecule has 1 aliphatic rings. The number of fused-ring (bicyclic) bond motifs is 1. The first-order valence-electron chi connectivity index (χ1n) is 7.66. The number of pyridine rings is 1. The van der Waals surface area contributed by atoms with Crippen molar-refractivity contribution in [1.29, 1.82) is 0 Å². The molecule has 0 spiro atoms. The van der Waals surface area contributed by atoms with Crippen LogP contribution in [0.4, 0.5) is 0 Å². The Morgan fingerprint density at radius 3 is 2.55 bits per heavy atom. The van der Waals surface area contributed by atoms with Crippen molar-refractivity contribution in [3.05, 3.63) is 42.2 Å². The molecule has 0 bridgehead atoms. The van der Waals surface area contributed by atoms with Crippen molar-refractivity contribution in [3.8, 4) is 0 Å². The number of nitrogens with zero attached hydrogens (tertiary/aromatic N) is 1. The van der Waals surface area contributed by atoms with Crippen LogP contribution in [-0.2, 0) is 5.60 Å². The summed E-state index contributed by atoms with van der Waals surface area (Å²) in [4.78, 5) is 4.33. The summed E-state index contributed by atoms with van der Waals surface area (Å²) in [7, 11) is 0. The van der Waals surface area contributed by atoms with E-state index < -0.39 is 5.60 Å². The fourth-order valence-electron chi connectivity index (χ4n) is 3.54. The summed E-state index contributed by atoms with van der Waals surface area (Å²) in [6.07, 6.45) is 7.66. The third kappa shape index (κ3) is 2.33. The fourth-order valence-corrected chi connectivity index (χ4v) is 3.54. The SMILES string of the molecule is CC(C)C1CCC(O)(c2cncc3ccccc23)CC1. The summed E-state index contributed by atoms with van der Waals surface area (Å²) in [5.41, 5.74) is 0.317. The predicted molar refractivity (Wildman–Crippen MR) is 82.4 cm³/mol. The van der Waals surface area contributed by atoms with Crippen molar-refractivity contribution in [3.63, 3.8) is 0 Å². The zero-order valence-electron chi connectivity index (χ0n) is 12.3. The molecule has 106 valence electrons. The molecule has 2 aromatic rings. The van der Waals surface area contributed by atoms with Crippen LogP contribution in [0.5, 0.6) is 0 Å². The maximum absolute atomic E-state index is 11.1. The highest BCUT2D eigenvalue weighted by Gasteiger charge is 2.36. The number of hydrogen-bond donors (Lipinski definition) is 1. The highest BCUT2D eigenvalue weighted by Crippen LogP contribution is 2.43. The minimum Gasteiger partial charge on any atom is -0.385 e. The van der Waals surface area contributed by atoms with Gasteiger partial charge in [0.25, 0.3) is 0 Å². The molecule has 20 heavy (non-hydrogen) atoms. The predicted octanol–water partition coefficient (Wildman–Crippen LogP) is 4.27. The maximum Gasteiger partial charge on any atom is 0.0917 e. The topological polar surface area (TPSA) is 33.1 Å². The highest BCUT2D eigenvalue weighted by atomic mass is 16.3. The van der Waals surface area contributed by atoms with Crippen molar-refractivity contribution in [2.45, 2.75) is 45.1 Å². The lowest BCUT2D eigenvalue weighted by Crippen LogP contribution is -2.33. The number of hydrogen-bond acceptors (Lipinski definition) is 2. The second-order valence-electron chi connectivity index (χ2n) is 6.52. The summed E-state index contributed by atoms with van der Waals surface area (Å²) >= 11 is 0. The van der Waals surface area contributed by atoms with Gasteiger partial charge in [-0.3, -0.25) is 4.98 Å². The summed E-state index contributed by atoms with van der Waals surface area (Å²) in [6, 6.07) is 8.22. The summed E-state index contributed by atoms with van der Waals surface area (Å²) in [5.74, 6) is 1.46. The number of aromatic nitrogens is 1. The van der Waals surface area contributed by atoms with Crippen LogP contribution in [-0.4, -0.2) is 10.1 Å². The van der Waals surface area contributed by atoms with Crippen molar-refractivity contribution in [2.75, 3.05) is 0 Å². The molecule has 0 aliphatic heterocycles. The average Bonchev–Trinajstić information content (AvgIpc) is 2.47. The Labute approximate surface area is 120 Å². The van der Waals surface area contributed by atoms with Crippen molar-refractivity contribution < 1.29 is 5.11 Å². The molecule has 0 saturated heterocycles. The second-order valence-corrected chi connectivity index (χ2v) is 6.52. The first-order valence-corrected chi connectivity index (χ1v) is 7.66. The van der Waals surface area contributed by atoms with Gasteiger partial charge in [-0.25, -0.2) is 0 Å². The third-order valence-corrected chi connectivity index (χ3v) is 4.97. The van der Waals surface area contributed by atoms with Gasteiger partial charge in [0, 0.05) is 23.3 Å². The molecule has 1 aromatic carbocycles. The van der Waals surface area contributed by atoms with E-state index in [1.165, 1.54) is 0 Å². The summed E-state index contributed by atoms with van der Waals surface area (Å²) in [5, 5.41) is 13.4. The molecule has 1 aliphatic carbocycles. The van der Waals surface area contributed by atoms with Gasteiger partial charge in [0.15, 0.2) is 0 Å². The molecule has 1 fully saturated rings. The Hall–Kier alpha value is -1.41. The van der Waals surface area contributed by atoms with E-state index in [0.29, 0.717) is 5.92 Å². The van der Waals surface area contributed by atoms with Crippen LogP contribution in [0.25, 0.3) is 10.8 Å². The van der Waals surface area contributed by atoms with E-state index in [0.717, 1.165) is 47.9 Å². The zero-order valence-corrected chi connectivity index (χ0v) is 12.3. The minimum absolute atomic E-state index is 0.695. The Kier molecular flexibility index (Phi) is 3.51. The molecule has 1 N–H and O–H groups in total. The molecule has 2 heteroatoms. The van der Waals surface area contributed by atoms with E-state index in [9.17, 15) is 5.11 Å². The second kappa shape index (κ2) is 5.17. The van der Waals surface area contributed by atoms with Crippen LogP contribution in [0.2, 0.25) is 0 Å². The number of aliphatic hydroxyl groups is 1. The zero-order chi connectivity index (χ0) is 14.2. The molecule has 0 radical (unpaired) electrons. The minimum atomic E-state index is -0.695. The molecule has 3 rings (SSSR count). The van der Waals surface area contributed by atoms with Gasteiger partial charge in [-0.1, -0.05) is 38.1 Å². The van der Waals surface area contributed by atoms with Crippen molar-refractivity contribution in [2.24, 2.45) is 11.8 Å². The van der Waals surface area contributed by atoms with E-state index in [2.05, 4.69) is 31.0 Å². The Morgan fingerprint density at radius 2 is 1.85 bits per heavy atom. The van der Waals surface area contributed by atoms with E-state index in [1.807, 2.05) is 24.5 Å². The lowest BCUT2D eigenvalue weighted by atomic mass is 9.71. The van der Waals surface area contributed by atoms with Crippen LogP contribution in [0, 0.1) is 11.8 Å². The van der Waals surface area contributed by atoms with E-state index in [1.54, 1.807) is 0 Å². The van der Waals surface area contributed by atoms with Gasteiger partial charge in [-0.05, 0) is 42.9 Å². The average molecular weight is 269 g/mol. The summed E-state index contributed by atoms with van der Waals surface area (Å²) < 4.78 is 0. The van der Waals surface area contributed by atoms with Crippen molar-refractivity contribution >= 4 is 10.8 Å². The Bertz CT molecular complexity index is 592. The standard InChI is InChI=1S/C18H23NO/c1-13(2)14-7-9-18(20,10-8-14)17-12-19-11-15-5-3-4-6-16(15)17/h3-6,11-14,20H,7-10H2,1-2H3. The quantitative estimate of drug-likeness (QED) is 0.883. The molecular weight excluding hydrogens is 246 g/mol. The van der Waals surface area contributed by atoms with Crippen LogP contribution >= 0.6 is 0 Å². The molecule has 0 amide bonds. The first-order chi connectivity index (χ1) is 9.60. The highest BCUT2D eigenvalue weighted by molar-refractivity contribution is 5.85. The van der Waals surface area contributed by atoms with Gasteiger partial charge < -0.3 is 5.11 Å². The largest absolute Gasteiger partial charge is 0.385 e. The van der Waals surface area contributed by atoms with Crippen LogP contribution in [0.15, 0.2) is 36.7 Å². The molecular formula is C18H23NO.